The third kappa shape index (κ3) is 3.81. The Bertz CT molecular complexity index is 402. The molecule has 0 atom stereocenters. The third-order valence-corrected chi connectivity index (χ3v) is 3.56. The highest BCUT2D eigenvalue weighted by atomic mass is 16.4. The van der Waals surface area contributed by atoms with Crippen LogP contribution in [-0.2, 0) is 11.2 Å². The van der Waals surface area contributed by atoms with E-state index in [0.29, 0.717) is 6.42 Å². The number of rotatable bonds is 7. The largest absolute Gasteiger partial charge is 0.481 e. The van der Waals surface area contributed by atoms with Gasteiger partial charge in [-0.15, -0.1) is 0 Å². The Labute approximate surface area is 108 Å². The Morgan fingerprint density at radius 2 is 2.28 bits per heavy atom. The van der Waals surface area contributed by atoms with Crippen LogP contribution in [0.2, 0.25) is 0 Å². The van der Waals surface area contributed by atoms with Crippen LogP contribution in [0.25, 0.3) is 0 Å². The van der Waals surface area contributed by atoms with E-state index in [1.54, 1.807) is 0 Å². The van der Waals surface area contributed by atoms with E-state index in [9.17, 15) is 4.79 Å². The highest BCUT2D eigenvalue weighted by molar-refractivity contribution is 5.68. The van der Waals surface area contributed by atoms with E-state index in [-0.39, 0.29) is 5.41 Å². The maximum Gasteiger partial charge on any atom is 0.303 e. The molecule has 1 aromatic rings. The summed E-state index contributed by atoms with van der Waals surface area (Å²) in [5.41, 5.74) is 1.14. The number of carbonyl (C=O) groups is 1. The van der Waals surface area contributed by atoms with Gasteiger partial charge in [0.2, 0.25) is 0 Å². The average Bonchev–Trinajstić information content (AvgIpc) is 3.06. The van der Waals surface area contributed by atoms with E-state index in [0.717, 1.165) is 38.0 Å². The minimum Gasteiger partial charge on any atom is -0.481 e. The molecule has 2 rings (SSSR count). The van der Waals surface area contributed by atoms with E-state index >= 15 is 0 Å². The van der Waals surface area contributed by atoms with E-state index in [1.165, 1.54) is 0 Å². The highest BCUT2D eigenvalue weighted by Gasteiger charge is 2.44. The molecule has 1 heterocycles. The molecule has 1 saturated carbocycles. The van der Waals surface area contributed by atoms with Crippen LogP contribution in [0.4, 0.5) is 0 Å². The molecular formula is C14H20N2O2. The zero-order chi connectivity index (χ0) is 13.0. The fourth-order valence-electron chi connectivity index (χ4n) is 2.39. The number of aliphatic carboxylic acids is 1. The van der Waals surface area contributed by atoms with Crippen molar-refractivity contribution < 1.29 is 9.90 Å². The second-order valence-corrected chi connectivity index (χ2v) is 5.38. The van der Waals surface area contributed by atoms with Gasteiger partial charge in [-0.05, 0) is 37.4 Å². The minimum absolute atomic E-state index is 0.0463. The molecule has 4 heteroatoms. The summed E-state index contributed by atoms with van der Waals surface area (Å²) in [6.45, 7) is 1.81. The van der Waals surface area contributed by atoms with Crippen molar-refractivity contribution in [3.63, 3.8) is 0 Å². The Hall–Kier alpha value is -1.42. The highest BCUT2D eigenvalue weighted by Crippen LogP contribution is 2.49. The van der Waals surface area contributed by atoms with Gasteiger partial charge in [0.1, 0.15) is 0 Å². The summed E-state index contributed by atoms with van der Waals surface area (Å²) in [6, 6.07) is 5.94. The van der Waals surface area contributed by atoms with Gasteiger partial charge < -0.3 is 10.0 Å². The summed E-state index contributed by atoms with van der Waals surface area (Å²) >= 11 is 0. The summed E-state index contributed by atoms with van der Waals surface area (Å²) in [5, 5.41) is 8.88. The smallest absolute Gasteiger partial charge is 0.303 e. The molecule has 0 aliphatic heterocycles. The van der Waals surface area contributed by atoms with Crippen LogP contribution in [-0.4, -0.2) is 41.1 Å². The number of carboxylic acids is 1. The number of likely N-dealkylation sites (N-methyl/N-ethyl adjacent to an activating group) is 1. The minimum atomic E-state index is -0.675. The lowest BCUT2D eigenvalue weighted by Crippen LogP contribution is -2.30. The molecule has 0 unspecified atom stereocenters. The molecule has 0 amide bonds. The monoisotopic (exact) mass is 248 g/mol. The van der Waals surface area contributed by atoms with Gasteiger partial charge in [0.25, 0.3) is 0 Å². The van der Waals surface area contributed by atoms with Gasteiger partial charge in [-0.3, -0.25) is 9.78 Å². The number of aromatic nitrogens is 1. The fraction of sp³-hybridized carbons (Fsp3) is 0.571. The summed E-state index contributed by atoms with van der Waals surface area (Å²) in [7, 11) is 2.06. The van der Waals surface area contributed by atoms with Gasteiger partial charge in [-0.2, -0.15) is 0 Å². The van der Waals surface area contributed by atoms with Crippen molar-refractivity contribution in [1.29, 1.82) is 0 Å². The van der Waals surface area contributed by atoms with Crippen LogP contribution >= 0.6 is 0 Å². The number of hydrogen-bond acceptors (Lipinski definition) is 3. The maximum absolute atomic E-state index is 10.8. The lowest BCUT2D eigenvalue weighted by Gasteiger charge is -2.22. The van der Waals surface area contributed by atoms with Gasteiger partial charge in [-0.1, -0.05) is 6.07 Å². The van der Waals surface area contributed by atoms with E-state index in [2.05, 4.69) is 16.9 Å². The van der Waals surface area contributed by atoms with Gasteiger partial charge >= 0.3 is 5.97 Å². The third-order valence-electron chi connectivity index (χ3n) is 3.56. The molecule has 4 nitrogen and oxygen atoms in total. The number of hydrogen-bond donors (Lipinski definition) is 1. The predicted molar refractivity (Wildman–Crippen MR) is 69.4 cm³/mol. The molecule has 0 aromatic carbocycles. The topological polar surface area (TPSA) is 53.4 Å². The van der Waals surface area contributed by atoms with Crippen LogP contribution < -0.4 is 0 Å². The molecule has 0 saturated heterocycles. The van der Waals surface area contributed by atoms with Gasteiger partial charge in [0.15, 0.2) is 0 Å². The Balaban J connectivity index is 1.76. The summed E-state index contributed by atoms with van der Waals surface area (Å²) in [6.07, 6.45) is 5.13. The lowest BCUT2D eigenvalue weighted by molar-refractivity contribution is -0.138. The molecule has 1 aliphatic carbocycles. The molecular weight excluding hydrogens is 228 g/mol. The molecule has 1 fully saturated rings. The molecule has 1 aromatic heterocycles. The van der Waals surface area contributed by atoms with Crippen LogP contribution in [0.15, 0.2) is 24.4 Å². The van der Waals surface area contributed by atoms with Crippen molar-refractivity contribution in [2.75, 3.05) is 20.1 Å². The molecule has 98 valence electrons. The second-order valence-electron chi connectivity index (χ2n) is 5.38. The van der Waals surface area contributed by atoms with Gasteiger partial charge in [0, 0.05) is 31.4 Å². The SMILES string of the molecule is CN(CCc1ccccn1)CC1(CC(=O)O)CC1. The van der Waals surface area contributed by atoms with Crippen molar-refractivity contribution in [2.45, 2.75) is 25.7 Å². The van der Waals surface area contributed by atoms with Crippen molar-refractivity contribution in [3.8, 4) is 0 Å². The quantitative estimate of drug-likeness (QED) is 0.799. The summed E-state index contributed by atoms with van der Waals surface area (Å²) in [5.74, 6) is -0.675. The Kier molecular flexibility index (Phi) is 3.97. The lowest BCUT2D eigenvalue weighted by atomic mass is 10.0. The van der Waals surface area contributed by atoms with Crippen molar-refractivity contribution in [2.24, 2.45) is 5.41 Å². The predicted octanol–water partition coefficient (Wildman–Crippen LogP) is 1.81. The molecule has 0 bridgehead atoms. The zero-order valence-corrected chi connectivity index (χ0v) is 10.8. The Morgan fingerprint density at radius 1 is 1.50 bits per heavy atom. The number of carboxylic acid groups (broad SMARTS) is 1. The van der Waals surface area contributed by atoms with Crippen molar-refractivity contribution in [1.82, 2.24) is 9.88 Å². The van der Waals surface area contributed by atoms with Crippen molar-refractivity contribution in [3.05, 3.63) is 30.1 Å². The maximum atomic E-state index is 10.8. The zero-order valence-electron chi connectivity index (χ0n) is 10.8. The molecule has 18 heavy (non-hydrogen) atoms. The van der Waals surface area contributed by atoms with Gasteiger partial charge in [-0.25, -0.2) is 0 Å². The van der Waals surface area contributed by atoms with Crippen molar-refractivity contribution >= 4 is 5.97 Å². The van der Waals surface area contributed by atoms with Gasteiger partial charge in [0.05, 0.1) is 6.42 Å². The van der Waals surface area contributed by atoms with Crippen LogP contribution in [0.5, 0.6) is 0 Å². The summed E-state index contributed by atoms with van der Waals surface area (Å²) in [4.78, 5) is 17.3. The van der Waals surface area contributed by atoms with Crippen LogP contribution in [0.3, 0.4) is 0 Å². The first-order valence-electron chi connectivity index (χ1n) is 6.40. The normalized spacial score (nSPS) is 16.8. The average molecular weight is 248 g/mol. The molecule has 1 N–H and O–H groups in total. The first-order valence-corrected chi connectivity index (χ1v) is 6.40. The van der Waals surface area contributed by atoms with E-state index in [4.69, 9.17) is 5.11 Å². The fourth-order valence-corrected chi connectivity index (χ4v) is 2.39. The first kappa shape index (κ1) is 13.0. The first-order chi connectivity index (χ1) is 8.60. The van der Waals surface area contributed by atoms with E-state index in [1.807, 2.05) is 24.4 Å². The molecule has 1 aliphatic rings. The van der Waals surface area contributed by atoms with Crippen LogP contribution in [0, 0.1) is 5.41 Å². The number of pyridine rings is 1. The Morgan fingerprint density at radius 3 is 2.83 bits per heavy atom. The summed E-state index contributed by atoms with van der Waals surface area (Å²) < 4.78 is 0. The van der Waals surface area contributed by atoms with E-state index < -0.39 is 5.97 Å². The second kappa shape index (κ2) is 5.48. The molecule has 0 spiro atoms. The number of nitrogens with zero attached hydrogens (tertiary/aromatic N) is 2. The standard InChI is InChI=1S/C14H20N2O2/c1-16(9-5-12-4-2-3-8-15-12)11-14(6-7-14)10-13(17)18/h2-4,8H,5-7,9-11H2,1H3,(H,17,18). The van der Waals surface area contributed by atoms with Crippen LogP contribution in [0.1, 0.15) is 25.0 Å². The molecule has 0 radical (unpaired) electrons.